The lowest BCUT2D eigenvalue weighted by molar-refractivity contribution is 0.915. The number of nitrogens with zero attached hydrogens (tertiary/aromatic N) is 5. The van der Waals surface area contributed by atoms with Gasteiger partial charge in [-0.25, -0.2) is 19.9 Å². The molecule has 1 aliphatic carbocycles. The molecule has 1 aliphatic rings. The standard InChI is InChI=1S/C56H37N5/c1-4-17-37(18-5-1)53-45-24-12-14-26-48(45)57-55(59-53)41-32-40(33-42(34-41)56-58-49-27-15-13-25-46(49)54(60-56)38-19-6-2-7-20-38)39-28-30-47-51(35-39)61(43-21-8-3-9-22-43)50-31-29-36-16-10-11-23-44(36)52(47)50/h1-14,16-26,28-35H,15,27H2. The van der Waals surface area contributed by atoms with Gasteiger partial charge in [0.25, 0.3) is 0 Å². The van der Waals surface area contributed by atoms with Crippen molar-refractivity contribution in [2.75, 3.05) is 0 Å². The van der Waals surface area contributed by atoms with E-state index in [4.69, 9.17) is 19.9 Å². The monoisotopic (exact) mass is 779 g/mol. The molecular formula is C56H37N5. The summed E-state index contributed by atoms with van der Waals surface area (Å²) in [6, 6.07) is 66.5. The Hall–Kier alpha value is -8.02. The van der Waals surface area contributed by atoms with Crippen molar-refractivity contribution in [3.8, 4) is 62.1 Å². The van der Waals surface area contributed by atoms with Gasteiger partial charge in [-0.3, -0.25) is 0 Å². The van der Waals surface area contributed by atoms with Crippen LogP contribution in [0.4, 0.5) is 0 Å². The van der Waals surface area contributed by atoms with Crippen LogP contribution in [-0.2, 0) is 6.42 Å². The minimum absolute atomic E-state index is 0.649. The molecule has 0 atom stereocenters. The second-order valence-electron chi connectivity index (χ2n) is 15.7. The number of aryl methyl sites for hydroxylation is 1. The molecule has 0 bridgehead atoms. The number of rotatable bonds is 6. The van der Waals surface area contributed by atoms with Gasteiger partial charge in [-0.05, 0) is 83.3 Å². The third-order valence-corrected chi connectivity index (χ3v) is 12.0. The van der Waals surface area contributed by atoms with E-state index in [1.165, 1.54) is 27.1 Å². The molecule has 61 heavy (non-hydrogen) atoms. The Labute approximate surface area is 353 Å². The van der Waals surface area contributed by atoms with Crippen molar-refractivity contribution < 1.29 is 0 Å². The number of hydrogen-bond acceptors (Lipinski definition) is 4. The van der Waals surface area contributed by atoms with E-state index in [0.29, 0.717) is 11.6 Å². The fourth-order valence-corrected chi connectivity index (χ4v) is 9.14. The number of aromatic nitrogens is 5. The highest BCUT2D eigenvalue weighted by molar-refractivity contribution is 6.21. The van der Waals surface area contributed by atoms with Crippen LogP contribution in [0.1, 0.15) is 17.7 Å². The highest BCUT2D eigenvalue weighted by Crippen LogP contribution is 2.41. The number of benzene rings is 8. The summed E-state index contributed by atoms with van der Waals surface area (Å²) in [5, 5.41) is 5.94. The predicted molar refractivity (Wildman–Crippen MR) is 252 cm³/mol. The number of fused-ring (bicyclic) bond motifs is 7. The van der Waals surface area contributed by atoms with E-state index in [1.54, 1.807) is 0 Å². The normalized spacial score (nSPS) is 12.4. The topological polar surface area (TPSA) is 56.5 Å². The van der Waals surface area contributed by atoms with Crippen molar-refractivity contribution in [1.29, 1.82) is 0 Å². The lowest BCUT2D eigenvalue weighted by Crippen LogP contribution is -2.05. The molecule has 3 aromatic heterocycles. The van der Waals surface area contributed by atoms with Crippen LogP contribution in [0.15, 0.2) is 194 Å². The molecule has 8 aromatic carbocycles. The molecule has 0 radical (unpaired) electrons. The molecule has 5 nitrogen and oxygen atoms in total. The number of para-hydroxylation sites is 2. The first-order chi connectivity index (χ1) is 30.2. The summed E-state index contributed by atoms with van der Waals surface area (Å²) in [5.41, 5.74) is 14.4. The molecule has 0 saturated carbocycles. The zero-order valence-electron chi connectivity index (χ0n) is 33.2. The van der Waals surface area contributed by atoms with E-state index in [0.717, 1.165) is 91.0 Å². The van der Waals surface area contributed by atoms with E-state index >= 15 is 0 Å². The van der Waals surface area contributed by atoms with Gasteiger partial charge in [0.1, 0.15) is 0 Å². The van der Waals surface area contributed by atoms with Crippen LogP contribution in [0.5, 0.6) is 0 Å². The molecule has 0 unspecified atom stereocenters. The fraction of sp³-hybridized carbons (Fsp3) is 0.0357. The maximum Gasteiger partial charge on any atom is 0.160 e. The lowest BCUT2D eigenvalue weighted by atomic mass is 9.95. The molecule has 0 fully saturated rings. The van der Waals surface area contributed by atoms with Crippen LogP contribution >= 0.6 is 0 Å². The molecule has 3 heterocycles. The molecular weight excluding hydrogens is 743 g/mol. The van der Waals surface area contributed by atoms with E-state index < -0.39 is 0 Å². The van der Waals surface area contributed by atoms with Crippen molar-refractivity contribution in [2.45, 2.75) is 12.8 Å². The average Bonchev–Trinajstić information content (AvgIpc) is 3.68. The summed E-state index contributed by atoms with van der Waals surface area (Å²) in [5.74, 6) is 1.33. The Morgan fingerprint density at radius 3 is 1.84 bits per heavy atom. The Kier molecular flexibility index (Phi) is 8.23. The Morgan fingerprint density at radius 2 is 1.05 bits per heavy atom. The molecule has 0 N–H and O–H groups in total. The third-order valence-electron chi connectivity index (χ3n) is 12.0. The summed E-state index contributed by atoms with van der Waals surface area (Å²) in [4.78, 5) is 21.2. The van der Waals surface area contributed by atoms with E-state index in [-0.39, 0.29) is 0 Å². The van der Waals surface area contributed by atoms with Gasteiger partial charge in [0.15, 0.2) is 11.6 Å². The first-order valence-corrected chi connectivity index (χ1v) is 20.9. The maximum atomic E-state index is 5.37. The van der Waals surface area contributed by atoms with E-state index in [1.807, 2.05) is 18.2 Å². The Bertz CT molecular complexity index is 3520. The van der Waals surface area contributed by atoms with Crippen LogP contribution < -0.4 is 0 Å². The van der Waals surface area contributed by atoms with Crippen molar-refractivity contribution in [2.24, 2.45) is 0 Å². The van der Waals surface area contributed by atoms with Gasteiger partial charge < -0.3 is 4.57 Å². The van der Waals surface area contributed by atoms with Gasteiger partial charge in [0.05, 0.1) is 33.6 Å². The van der Waals surface area contributed by atoms with Gasteiger partial charge in [0.2, 0.25) is 0 Å². The SMILES string of the molecule is C1=Cc2c(nc(-c3cc(-c4ccc5c6c7ccccc7ccc6n(-c6ccccc6)c5c4)cc(-c4nc(-c5ccccc5)c5ccccc5n4)c3)nc2-c2ccccc2)CC1. The smallest absolute Gasteiger partial charge is 0.160 e. The molecule has 12 rings (SSSR count). The summed E-state index contributed by atoms with van der Waals surface area (Å²) in [6.45, 7) is 0. The number of allylic oxidation sites excluding steroid dienone is 1. The second-order valence-corrected chi connectivity index (χ2v) is 15.7. The number of hydrogen-bond donors (Lipinski definition) is 0. The first-order valence-electron chi connectivity index (χ1n) is 20.9. The summed E-state index contributed by atoms with van der Waals surface area (Å²) in [6.07, 6.45) is 6.22. The summed E-state index contributed by atoms with van der Waals surface area (Å²) >= 11 is 0. The van der Waals surface area contributed by atoms with Crippen molar-refractivity contribution in [1.82, 2.24) is 24.5 Å². The molecule has 0 saturated heterocycles. The van der Waals surface area contributed by atoms with E-state index in [2.05, 4.69) is 187 Å². The van der Waals surface area contributed by atoms with Crippen molar-refractivity contribution in [3.63, 3.8) is 0 Å². The summed E-state index contributed by atoms with van der Waals surface area (Å²) in [7, 11) is 0. The largest absolute Gasteiger partial charge is 0.309 e. The van der Waals surface area contributed by atoms with Crippen LogP contribution in [0.2, 0.25) is 0 Å². The van der Waals surface area contributed by atoms with Crippen molar-refractivity contribution in [3.05, 3.63) is 205 Å². The zero-order chi connectivity index (χ0) is 40.3. The maximum absolute atomic E-state index is 5.37. The zero-order valence-corrected chi connectivity index (χ0v) is 33.2. The van der Waals surface area contributed by atoms with Gasteiger partial charge in [-0.1, -0.05) is 152 Å². The molecule has 11 aromatic rings. The Balaban J connectivity index is 1.13. The van der Waals surface area contributed by atoms with Crippen LogP contribution in [-0.4, -0.2) is 24.5 Å². The van der Waals surface area contributed by atoms with Gasteiger partial charge >= 0.3 is 0 Å². The van der Waals surface area contributed by atoms with Crippen LogP contribution in [0.25, 0.3) is 112 Å². The highest BCUT2D eigenvalue weighted by atomic mass is 15.0. The predicted octanol–water partition coefficient (Wildman–Crippen LogP) is 14.0. The molecule has 0 aliphatic heterocycles. The molecule has 0 amide bonds. The summed E-state index contributed by atoms with van der Waals surface area (Å²) < 4.78 is 2.40. The van der Waals surface area contributed by atoms with Gasteiger partial charge in [0, 0.05) is 49.7 Å². The van der Waals surface area contributed by atoms with Gasteiger partial charge in [-0.2, -0.15) is 0 Å². The van der Waals surface area contributed by atoms with Gasteiger partial charge in [-0.15, -0.1) is 0 Å². The minimum atomic E-state index is 0.649. The first kappa shape index (κ1) is 35.0. The average molecular weight is 780 g/mol. The van der Waals surface area contributed by atoms with Crippen LogP contribution in [0, 0.1) is 0 Å². The Morgan fingerprint density at radius 1 is 0.410 bits per heavy atom. The molecule has 5 heteroatoms. The second kappa shape index (κ2) is 14.4. The van der Waals surface area contributed by atoms with E-state index in [9.17, 15) is 0 Å². The van der Waals surface area contributed by atoms with Crippen molar-refractivity contribution >= 4 is 49.6 Å². The fourth-order valence-electron chi connectivity index (χ4n) is 9.14. The molecule has 0 spiro atoms. The quantitative estimate of drug-likeness (QED) is 0.169. The van der Waals surface area contributed by atoms with Crippen LogP contribution in [0.3, 0.4) is 0 Å². The third kappa shape index (κ3) is 6.01. The minimum Gasteiger partial charge on any atom is -0.309 e. The lowest BCUT2D eigenvalue weighted by Gasteiger charge is -2.17. The highest BCUT2D eigenvalue weighted by Gasteiger charge is 2.21. The molecule has 286 valence electrons.